The van der Waals surface area contributed by atoms with Gasteiger partial charge in [0.25, 0.3) is 0 Å². The van der Waals surface area contributed by atoms with E-state index in [4.69, 9.17) is 0 Å². The Morgan fingerprint density at radius 3 is 2.62 bits per heavy atom. The van der Waals surface area contributed by atoms with E-state index in [0.29, 0.717) is 13.1 Å². The lowest BCUT2D eigenvalue weighted by atomic mass is 10.3. The molecule has 0 aliphatic rings. The fourth-order valence-electron chi connectivity index (χ4n) is 1.92. The van der Waals surface area contributed by atoms with E-state index in [-0.39, 0.29) is 4.90 Å². The van der Waals surface area contributed by atoms with Crippen LogP contribution in [0.15, 0.2) is 23.2 Å². The summed E-state index contributed by atoms with van der Waals surface area (Å²) in [6.45, 7) is 7.88. The minimum Gasteiger partial charge on any atom is -0.363 e. The molecule has 0 saturated carbocycles. The Balaban J connectivity index is 2.02. The molecule has 0 aromatic carbocycles. The van der Waals surface area contributed by atoms with Crippen molar-refractivity contribution >= 4 is 21.4 Å². The summed E-state index contributed by atoms with van der Waals surface area (Å²) in [5, 5.41) is 3.15. The lowest BCUT2D eigenvalue weighted by molar-refractivity contribution is 0.582. The van der Waals surface area contributed by atoms with Gasteiger partial charge in [-0.2, -0.15) is 0 Å². The Labute approximate surface area is 129 Å². The van der Waals surface area contributed by atoms with Gasteiger partial charge in [0.2, 0.25) is 10.0 Å². The minimum absolute atomic E-state index is 0.278. The fourth-order valence-corrected chi connectivity index (χ4v) is 4.03. The van der Waals surface area contributed by atoms with Gasteiger partial charge >= 0.3 is 0 Å². The van der Waals surface area contributed by atoms with Gasteiger partial charge in [0, 0.05) is 34.7 Å². The van der Waals surface area contributed by atoms with E-state index >= 15 is 0 Å². The van der Waals surface area contributed by atoms with Crippen molar-refractivity contribution in [3.8, 4) is 0 Å². The molecule has 0 atom stereocenters. The Bertz CT molecular complexity index is 682. The summed E-state index contributed by atoms with van der Waals surface area (Å²) in [5.41, 5.74) is 2.06. The number of aromatic nitrogens is 1. The molecule has 21 heavy (non-hydrogen) atoms. The SMILES string of the molecule is CCNCc1cc(S(=O)(=O)NCc2cc(C)c(C)s2)c[nH]1. The van der Waals surface area contributed by atoms with Crippen LogP contribution in [0.1, 0.15) is 27.9 Å². The van der Waals surface area contributed by atoms with Gasteiger partial charge in [-0.25, -0.2) is 13.1 Å². The summed E-state index contributed by atoms with van der Waals surface area (Å²) in [7, 11) is -3.47. The third-order valence-electron chi connectivity index (χ3n) is 3.25. The van der Waals surface area contributed by atoms with Crippen molar-refractivity contribution in [2.45, 2.75) is 38.8 Å². The molecule has 0 fully saturated rings. The smallest absolute Gasteiger partial charge is 0.242 e. The summed E-state index contributed by atoms with van der Waals surface area (Å²) >= 11 is 1.62. The van der Waals surface area contributed by atoms with Gasteiger partial charge < -0.3 is 10.3 Å². The molecule has 0 spiro atoms. The van der Waals surface area contributed by atoms with Gasteiger partial charge in [-0.05, 0) is 38.1 Å². The first-order valence-corrected chi connectivity index (χ1v) is 9.16. The normalized spacial score (nSPS) is 12.0. The highest BCUT2D eigenvalue weighted by molar-refractivity contribution is 7.89. The first-order chi connectivity index (χ1) is 9.92. The molecule has 0 aliphatic heterocycles. The molecule has 7 heteroatoms. The number of H-pyrrole nitrogens is 1. The largest absolute Gasteiger partial charge is 0.363 e. The quantitative estimate of drug-likeness (QED) is 0.730. The number of thiophene rings is 1. The van der Waals surface area contributed by atoms with Crippen LogP contribution >= 0.6 is 11.3 Å². The molecule has 0 amide bonds. The van der Waals surface area contributed by atoms with Crippen LogP contribution in [-0.2, 0) is 23.1 Å². The molecule has 2 aromatic heterocycles. The predicted octanol–water partition coefficient (Wildman–Crippen LogP) is 2.28. The zero-order chi connectivity index (χ0) is 15.5. The lowest BCUT2D eigenvalue weighted by Crippen LogP contribution is -2.22. The predicted molar refractivity (Wildman–Crippen MR) is 86.0 cm³/mol. The van der Waals surface area contributed by atoms with Crippen LogP contribution < -0.4 is 10.0 Å². The molecule has 2 aromatic rings. The van der Waals surface area contributed by atoms with Crippen molar-refractivity contribution in [3.05, 3.63) is 39.3 Å². The van der Waals surface area contributed by atoms with Gasteiger partial charge in [0.15, 0.2) is 0 Å². The molecule has 0 aliphatic carbocycles. The van der Waals surface area contributed by atoms with Crippen LogP contribution in [0.2, 0.25) is 0 Å². The van der Waals surface area contributed by atoms with Crippen molar-refractivity contribution in [3.63, 3.8) is 0 Å². The maximum Gasteiger partial charge on any atom is 0.242 e. The average molecular weight is 327 g/mol. The van der Waals surface area contributed by atoms with Crippen molar-refractivity contribution in [1.82, 2.24) is 15.0 Å². The van der Waals surface area contributed by atoms with Crippen LogP contribution in [0.25, 0.3) is 0 Å². The third kappa shape index (κ3) is 4.16. The van der Waals surface area contributed by atoms with Gasteiger partial charge in [0.1, 0.15) is 0 Å². The highest BCUT2D eigenvalue weighted by Crippen LogP contribution is 2.21. The van der Waals surface area contributed by atoms with E-state index in [0.717, 1.165) is 17.1 Å². The topological polar surface area (TPSA) is 74.0 Å². The summed E-state index contributed by atoms with van der Waals surface area (Å²) in [6, 6.07) is 3.69. The number of sulfonamides is 1. The molecule has 2 rings (SSSR count). The number of nitrogens with one attached hydrogen (secondary N) is 3. The first kappa shape index (κ1) is 16.2. The van der Waals surface area contributed by atoms with Crippen LogP contribution in [0, 0.1) is 13.8 Å². The number of rotatable bonds is 7. The van der Waals surface area contributed by atoms with Gasteiger partial charge in [0.05, 0.1) is 4.90 Å². The molecule has 0 unspecified atom stereocenters. The Hall–Kier alpha value is -1.15. The van der Waals surface area contributed by atoms with E-state index in [1.165, 1.54) is 16.6 Å². The van der Waals surface area contributed by atoms with Gasteiger partial charge in [-0.15, -0.1) is 11.3 Å². The first-order valence-electron chi connectivity index (χ1n) is 6.86. The average Bonchev–Trinajstić information content (AvgIpc) is 3.03. The molecule has 0 radical (unpaired) electrons. The second kappa shape index (κ2) is 6.74. The standard InChI is InChI=1S/C14H21N3O2S2/c1-4-15-7-12-6-14(9-16-12)21(18,19)17-8-13-5-10(2)11(3)20-13/h5-6,9,15-17H,4,7-8H2,1-3H3. The second-order valence-corrected chi connectivity index (χ2v) is 8.03. The van der Waals surface area contributed by atoms with E-state index in [1.807, 2.05) is 26.8 Å². The highest BCUT2D eigenvalue weighted by Gasteiger charge is 2.16. The van der Waals surface area contributed by atoms with Crippen molar-refractivity contribution in [2.24, 2.45) is 0 Å². The van der Waals surface area contributed by atoms with Crippen LogP contribution in [0.3, 0.4) is 0 Å². The summed E-state index contributed by atoms with van der Waals surface area (Å²) in [4.78, 5) is 5.50. The number of aryl methyl sites for hydroxylation is 2. The number of hydrogen-bond acceptors (Lipinski definition) is 4. The van der Waals surface area contributed by atoms with E-state index in [9.17, 15) is 8.42 Å². The molecule has 0 bridgehead atoms. The van der Waals surface area contributed by atoms with Crippen LogP contribution in [0.5, 0.6) is 0 Å². The fraction of sp³-hybridized carbons (Fsp3) is 0.429. The third-order valence-corrected chi connectivity index (χ3v) is 5.78. The Morgan fingerprint density at radius 1 is 1.24 bits per heavy atom. The van der Waals surface area contributed by atoms with Gasteiger partial charge in [-0.3, -0.25) is 0 Å². The lowest BCUT2D eigenvalue weighted by Gasteiger charge is -2.03. The zero-order valence-corrected chi connectivity index (χ0v) is 14.1. The Morgan fingerprint density at radius 2 is 2.00 bits per heavy atom. The number of aromatic amines is 1. The maximum absolute atomic E-state index is 12.2. The summed E-state index contributed by atoms with van der Waals surface area (Å²) in [5.74, 6) is 0. The summed E-state index contributed by atoms with van der Waals surface area (Å²) < 4.78 is 27.1. The van der Waals surface area contributed by atoms with Crippen molar-refractivity contribution in [1.29, 1.82) is 0 Å². The molecule has 0 saturated heterocycles. The molecule has 5 nitrogen and oxygen atoms in total. The van der Waals surface area contributed by atoms with E-state index < -0.39 is 10.0 Å². The second-order valence-electron chi connectivity index (χ2n) is 4.92. The van der Waals surface area contributed by atoms with Crippen LogP contribution in [-0.4, -0.2) is 19.9 Å². The van der Waals surface area contributed by atoms with E-state index in [2.05, 4.69) is 15.0 Å². The van der Waals surface area contributed by atoms with Crippen molar-refractivity contribution < 1.29 is 8.42 Å². The summed E-state index contributed by atoms with van der Waals surface area (Å²) in [6.07, 6.45) is 1.53. The monoisotopic (exact) mass is 327 g/mol. The molecule has 3 N–H and O–H groups in total. The van der Waals surface area contributed by atoms with E-state index in [1.54, 1.807) is 17.4 Å². The van der Waals surface area contributed by atoms with Gasteiger partial charge in [-0.1, -0.05) is 6.92 Å². The van der Waals surface area contributed by atoms with Crippen LogP contribution in [0.4, 0.5) is 0 Å². The minimum atomic E-state index is -3.47. The Kier molecular flexibility index (Phi) is 5.21. The maximum atomic E-state index is 12.2. The highest BCUT2D eigenvalue weighted by atomic mass is 32.2. The zero-order valence-electron chi connectivity index (χ0n) is 12.5. The van der Waals surface area contributed by atoms with Crippen molar-refractivity contribution in [2.75, 3.05) is 6.54 Å². The molecular formula is C14H21N3O2S2. The molecule has 2 heterocycles. The molecule has 116 valence electrons. The number of hydrogen-bond donors (Lipinski definition) is 3. The molecular weight excluding hydrogens is 306 g/mol.